The molecule has 3 nitrogen and oxygen atoms in total. The molecule has 1 aromatic carbocycles. The summed E-state index contributed by atoms with van der Waals surface area (Å²) in [5.74, 6) is 0.826. The minimum absolute atomic E-state index is 0. The third kappa shape index (κ3) is 3.66. The van der Waals surface area contributed by atoms with Crippen molar-refractivity contribution in [3.8, 4) is 0 Å². The summed E-state index contributed by atoms with van der Waals surface area (Å²) in [6.07, 6.45) is 2.72. The summed E-state index contributed by atoms with van der Waals surface area (Å²) in [6, 6.07) is 7.79. The van der Waals surface area contributed by atoms with Crippen LogP contribution in [-0.2, 0) is 26.5 Å². The summed E-state index contributed by atoms with van der Waals surface area (Å²) in [6.45, 7) is 4.12. The van der Waals surface area contributed by atoms with Gasteiger partial charge in [-0.25, -0.2) is 4.98 Å². The van der Waals surface area contributed by atoms with Gasteiger partial charge in [0.15, 0.2) is 0 Å². The zero-order valence-electron chi connectivity index (χ0n) is 11.2. The molecule has 1 aromatic heterocycles. The Labute approximate surface area is 128 Å². The molecule has 2 rings (SSSR count). The molecule has 0 aliphatic heterocycles. The van der Waals surface area contributed by atoms with Crippen LogP contribution in [0.1, 0.15) is 33.5 Å². The normalized spacial score (nSPS) is 12.7. The van der Waals surface area contributed by atoms with Gasteiger partial charge in [-0.05, 0) is 18.1 Å². The number of hydrogen-bond acceptors (Lipinski definition) is 2. The van der Waals surface area contributed by atoms with Crippen LogP contribution in [0.25, 0.3) is 16.8 Å². The molecule has 0 saturated carbocycles. The molecule has 0 aliphatic carbocycles. The quantitative estimate of drug-likeness (QED) is 0.646. The molecule has 0 radical (unpaired) electrons. The van der Waals surface area contributed by atoms with E-state index in [0.29, 0.717) is 11.7 Å². The average molecular weight is 311 g/mol. The Hall–Kier alpha value is -1.15. The molecular formula is C15H21N2OZn-. The van der Waals surface area contributed by atoms with E-state index >= 15 is 0 Å². The number of imidazole rings is 1. The second-order valence-electron chi connectivity index (χ2n) is 4.40. The number of para-hydroxylation sites is 2. The van der Waals surface area contributed by atoms with E-state index in [1.165, 1.54) is 0 Å². The molecule has 100 valence electrons. The van der Waals surface area contributed by atoms with Crippen LogP contribution in [0, 0.1) is 5.92 Å². The number of benzene rings is 1. The van der Waals surface area contributed by atoms with Gasteiger partial charge in [0.2, 0.25) is 0 Å². The third-order valence-electron chi connectivity index (χ3n) is 3.09. The topological polar surface area (TPSA) is 40.9 Å². The molecule has 0 aliphatic rings. The molecule has 0 saturated heterocycles. The van der Waals surface area contributed by atoms with Crippen LogP contribution in [0.3, 0.4) is 0 Å². The van der Waals surface area contributed by atoms with Crippen molar-refractivity contribution < 1.29 is 24.6 Å². The van der Waals surface area contributed by atoms with E-state index in [1.54, 1.807) is 6.08 Å². The summed E-state index contributed by atoms with van der Waals surface area (Å²) in [5.41, 5.74) is 1.87. The van der Waals surface area contributed by atoms with E-state index < -0.39 is 0 Å². The molecule has 0 bridgehead atoms. The Morgan fingerprint density at radius 2 is 2.05 bits per heavy atom. The summed E-state index contributed by atoms with van der Waals surface area (Å²) in [4.78, 5) is 4.38. The number of hydrogen-bond donors (Lipinski definition) is 0. The van der Waals surface area contributed by atoms with E-state index in [9.17, 15) is 5.11 Å². The van der Waals surface area contributed by atoms with Crippen LogP contribution in [-0.4, -0.2) is 9.55 Å². The Balaban J connectivity index is 0.00000162. The van der Waals surface area contributed by atoms with E-state index in [4.69, 9.17) is 0 Å². The van der Waals surface area contributed by atoms with Gasteiger partial charge < -0.3 is 9.67 Å². The molecule has 0 amide bonds. The van der Waals surface area contributed by atoms with Crippen LogP contribution < -0.4 is 5.11 Å². The Bertz CT molecular complexity index is 560. The first-order valence-corrected chi connectivity index (χ1v) is 5.94. The first-order valence-electron chi connectivity index (χ1n) is 5.94. The second kappa shape index (κ2) is 7.44. The van der Waals surface area contributed by atoms with Gasteiger partial charge in [-0.2, -0.15) is 0 Å². The molecule has 0 N–H and O–H groups in total. The first-order chi connectivity index (χ1) is 8.13. The van der Waals surface area contributed by atoms with Gasteiger partial charge >= 0.3 is 0 Å². The van der Waals surface area contributed by atoms with Gasteiger partial charge in [-0.3, -0.25) is 0 Å². The standard InChI is InChI=1S/C14H18N2O.CH4.Zn/c1-4-10(2)9-13(17)14-15-11-7-5-6-8-12(11)16(14)3;;/h5-10,17H,4H2,1-3H3;1H4;/p-1/b13-9-;;/t10-;;/m1../s1. The molecule has 19 heavy (non-hydrogen) atoms. The number of fused-ring (bicyclic) bond motifs is 1. The Morgan fingerprint density at radius 3 is 2.63 bits per heavy atom. The summed E-state index contributed by atoms with van der Waals surface area (Å²) in [7, 11) is 1.88. The van der Waals surface area contributed by atoms with Crippen LogP contribution in [0.15, 0.2) is 30.3 Å². The maximum atomic E-state index is 12.1. The fourth-order valence-electron chi connectivity index (χ4n) is 1.82. The molecule has 0 spiro atoms. The van der Waals surface area contributed by atoms with Crippen LogP contribution in [0.5, 0.6) is 0 Å². The van der Waals surface area contributed by atoms with Crippen LogP contribution >= 0.6 is 0 Å². The molecule has 1 atom stereocenters. The van der Waals surface area contributed by atoms with Crippen molar-refractivity contribution in [1.82, 2.24) is 9.55 Å². The smallest absolute Gasteiger partial charge is 0.125 e. The maximum absolute atomic E-state index is 12.1. The minimum Gasteiger partial charge on any atom is -0.870 e. The second-order valence-corrected chi connectivity index (χ2v) is 4.40. The fraction of sp³-hybridized carbons (Fsp3) is 0.400. The van der Waals surface area contributed by atoms with Gasteiger partial charge in [-0.15, -0.1) is 0 Å². The zero-order chi connectivity index (χ0) is 12.4. The molecule has 1 heterocycles. The minimum atomic E-state index is 0. The summed E-state index contributed by atoms with van der Waals surface area (Å²) >= 11 is 0. The van der Waals surface area contributed by atoms with Gasteiger partial charge in [0.05, 0.1) is 11.0 Å². The average Bonchev–Trinajstić information content (AvgIpc) is 2.67. The number of allylic oxidation sites excluding steroid dienone is 1. The number of rotatable bonds is 3. The predicted molar refractivity (Wildman–Crippen MR) is 74.9 cm³/mol. The van der Waals surface area contributed by atoms with Crippen LogP contribution in [0.2, 0.25) is 0 Å². The van der Waals surface area contributed by atoms with Gasteiger partial charge in [0, 0.05) is 26.5 Å². The van der Waals surface area contributed by atoms with E-state index in [0.717, 1.165) is 17.5 Å². The van der Waals surface area contributed by atoms with Crippen molar-refractivity contribution in [3.05, 3.63) is 36.2 Å². The van der Waals surface area contributed by atoms with Crippen molar-refractivity contribution in [3.63, 3.8) is 0 Å². The van der Waals surface area contributed by atoms with Crippen molar-refractivity contribution in [1.29, 1.82) is 0 Å². The van der Waals surface area contributed by atoms with E-state index in [1.807, 2.05) is 42.8 Å². The van der Waals surface area contributed by atoms with E-state index in [-0.39, 0.29) is 32.7 Å². The molecule has 4 heteroatoms. The van der Waals surface area contributed by atoms with Gasteiger partial charge in [0.1, 0.15) is 5.82 Å². The maximum Gasteiger partial charge on any atom is 0.125 e. The molecule has 0 unspecified atom stereocenters. The molecular weight excluding hydrogens is 290 g/mol. The van der Waals surface area contributed by atoms with Crippen molar-refractivity contribution in [2.75, 3.05) is 0 Å². The van der Waals surface area contributed by atoms with Gasteiger partial charge in [0.25, 0.3) is 0 Å². The monoisotopic (exact) mass is 309 g/mol. The van der Waals surface area contributed by atoms with Crippen LogP contribution in [0.4, 0.5) is 0 Å². The fourth-order valence-corrected chi connectivity index (χ4v) is 1.82. The van der Waals surface area contributed by atoms with E-state index in [2.05, 4.69) is 11.9 Å². The largest absolute Gasteiger partial charge is 0.870 e. The van der Waals surface area contributed by atoms with Crippen molar-refractivity contribution >= 4 is 16.8 Å². The first kappa shape index (κ1) is 17.9. The van der Waals surface area contributed by atoms with Crippen molar-refractivity contribution in [2.45, 2.75) is 27.7 Å². The molecule has 2 aromatic rings. The van der Waals surface area contributed by atoms with Gasteiger partial charge in [-0.1, -0.05) is 51.7 Å². The number of aryl methyl sites for hydroxylation is 1. The Kier molecular flexibility index (Phi) is 7.00. The zero-order valence-corrected chi connectivity index (χ0v) is 14.1. The number of aromatic nitrogens is 2. The Morgan fingerprint density at radius 1 is 1.42 bits per heavy atom. The summed E-state index contributed by atoms with van der Waals surface area (Å²) in [5, 5.41) is 12.1. The summed E-state index contributed by atoms with van der Waals surface area (Å²) < 4.78 is 1.86. The SMILES string of the molecule is C.CC[C@@H](C)/C=C(\[O-])c1nc2ccccc2n1C.[Zn]. The third-order valence-corrected chi connectivity index (χ3v) is 3.09. The predicted octanol–water partition coefficient (Wildman–Crippen LogP) is 2.95. The molecule has 0 fully saturated rings. The van der Waals surface area contributed by atoms with Crippen molar-refractivity contribution in [2.24, 2.45) is 13.0 Å². The number of nitrogens with zero attached hydrogens (tertiary/aromatic N) is 2.